The highest BCUT2D eigenvalue weighted by atomic mass is 19.4. The molecule has 0 unspecified atom stereocenters. The maximum absolute atomic E-state index is 12.3. The molecule has 0 amide bonds. The van der Waals surface area contributed by atoms with Crippen molar-refractivity contribution in [2.24, 2.45) is 0 Å². The zero-order valence-electron chi connectivity index (χ0n) is 7.65. The highest BCUT2D eigenvalue weighted by Gasteiger charge is 2.30. The van der Waals surface area contributed by atoms with Gasteiger partial charge in [0, 0.05) is 0 Å². The summed E-state index contributed by atoms with van der Waals surface area (Å²) in [5, 5.41) is 11.2. The van der Waals surface area contributed by atoms with Crippen LogP contribution in [0.1, 0.15) is 5.56 Å². The smallest absolute Gasteiger partial charge is 0.416 e. The minimum atomic E-state index is -4.50. The summed E-state index contributed by atoms with van der Waals surface area (Å²) >= 11 is 0. The summed E-state index contributed by atoms with van der Waals surface area (Å²) in [5.74, 6) is 0. The maximum Gasteiger partial charge on any atom is 0.416 e. The molecule has 7 heteroatoms. The molecule has 0 N–H and O–H groups in total. The van der Waals surface area contributed by atoms with Gasteiger partial charge in [-0.1, -0.05) is 0 Å². The summed E-state index contributed by atoms with van der Waals surface area (Å²) in [7, 11) is 0. The first-order valence-corrected chi connectivity index (χ1v) is 4.16. The van der Waals surface area contributed by atoms with Crippen LogP contribution < -0.4 is 5.56 Å². The van der Waals surface area contributed by atoms with E-state index >= 15 is 0 Å². The molecule has 0 atom stereocenters. The Hall–Kier alpha value is -2.05. The van der Waals surface area contributed by atoms with Crippen LogP contribution in [0.15, 0.2) is 29.2 Å². The molecule has 0 aliphatic carbocycles. The first-order chi connectivity index (χ1) is 7.39. The monoisotopic (exact) mass is 229 g/mol. The van der Waals surface area contributed by atoms with Crippen molar-refractivity contribution in [1.82, 2.24) is 9.71 Å². The molecule has 0 aliphatic heterocycles. The Kier molecular flexibility index (Phi) is 2.11. The Labute approximate surface area is 86.5 Å². The van der Waals surface area contributed by atoms with E-state index in [-0.39, 0.29) is 15.8 Å². The van der Waals surface area contributed by atoms with E-state index in [2.05, 4.69) is 4.98 Å². The largest absolute Gasteiger partial charge is 0.803 e. The van der Waals surface area contributed by atoms with Crippen molar-refractivity contribution < 1.29 is 13.2 Å². The molecular formula is C9H4F3N2O2-. The highest BCUT2D eigenvalue weighted by Crippen LogP contribution is 2.30. The predicted molar refractivity (Wildman–Crippen MR) is 49.8 cm³/mol. The second-order valence-electron chi connectivity index (χ2n) is 3.09. The van der Waals surface area contributed by atoms with E-state index in [0.29, 0.717) is 6.20 Å². The van der Waals surface area contributed by atoms with Crippen LogP contribution in [-0.2, 0) is 6.18 Å². The standard InChI is InChI=1S/C9H4F3N2O2/c10-9(11,12)5-1-2-7-6(3-5)13-4-8(15)14(7)16/h1-4H/q-1. The Bertz CT molecular complexity index is 604. The summed E-state index contributed by atoms with van der Waals surface area (Å²) in [5.41, 5.74) is -2.16. The Balaban J connectivity index is 2.75. The van der Waals surface area contributed by atoms with Gasteiger partial charge in [-0.05, 0) is 18.2 Å². The van der Waals surface area contributed by atoms with Gasteiger partial charge in [-0.2, -0.15) is 13.2 Å². The second-order valence-corrected chi connectivity index (χ2v) is 3.09. The molecule has 2 rings (SSSR count). The molecule has 84 valence electrons. The molecular weight excluding hydrogens is 225 g/mol. The van der Waals surface area contributed by atoms with Gasteiger partial charge in [0.1, 0.15) is 0 Å². The van der Waals surface area contributed by atoms with E-state index in [0.717, 1.165) is 18.2 Å². The topological polar surface area (TPSA) is 58.0 Å². The fourth-order valence-electron chi connectivity index (χ4n) is 1.27. The lowest BCUT2D eigenvalue weighted by Crippen LogP contribution is -2.16. The third kappa shape index (κ3) is 1.60. The lowest BCUT2D eigenvalue weighted by atomic mass is 10.2. The van der Waals surface area contributed by atoms with E-state index in [1.54, 1.807) is 0 Å². The molecule has 16 heavy (non-hydrogen) atoms. The Morgan fingerprint density at radius 2 is 2.00 bits per heavy atom. The number of fused-ring (bicyclic) bond motifs is 1. The molecule has 1 aromatic carbocycles. The van der Waals surface area contributed by atoms with Gasteiger partial charge in [0.05, 0.1) is 22.8 Å². The lowest BCUT2D eigenvalue weighted by Gasteiger charge is -2.13. The van der Waals surface area contributed by atoms with Gasteiger partial charge < -0.3 is 9.94 Å². The van der Waals surface area contributed by atoms with Crippen molar-refractivity contribution in [1.29, 1.82) is 0 Å². The van der Waals surface area contributed by atoms with Gasteiger partial charge >= 0.3 is 6.18 Å². The van der Waals surface area contributed by atoms with Crippen LogP contribution in [0.3, 0.4) is 0 Å². The first kappa shape index (κ1) is 10.5. The van der Waals surface area contributed by atoms with Crippen LogP contribution in [0.4, 0.5) is 13.2 Å². The molecule has 1 heterocycles. The van der Waals surface area contributed by atoms with E-state index in [1.807, 2.05) is 0 Å². The Morgan fingerprint density at radius 1 is 1.31 bits per heavy atom. The van der Waals surface area contributed by atoms with Gasteiger partial charge in [0.2, 0.25) is 0 Å². The van der Waals surface area contributed by atoms with Crippen molar-refractivity contribution in [2.75, 3.05) is 0 Å². The molecule has 0 saturated carbocycles. The summed E-state index contributed by atoms with van der Waals surface area (Å²) in [4.78, 5) is 14.4. The quantitative estimate of drug-likeness (QED) is 0.691. The minimum absolute atomic E-state index is 0.00247. The van der Waals surface area contributed by atoms with E-state index in [1.165, 1.54) is 0 Å². The van der Waals surface area contributed by atoms with E-state index in [9.17, 15) is 23.2 Å². The Morgan fingerprint density at radius 3 is 2.62 bits per heavy atom. The molecule has 4 nitrogen and oxygen atoms in total. The van der Waals surface area contributed by atoms with Gasteiger partial charge in [-0.15, -0.1) is 0 Å². The third-order valence-electron chi connectivity index (χ3n) is 2.04. The molecule has 0 radical (unpaired) electrons. The number of alkyl halides is 3. The highest BCUT2D eigenvalue weighted by molar-refractivity contribution is 5.75. The third-order valence-corrected chi connectivity index (χ3v) is 2.04. The minimum Gasteiger partial charge on any atom is -0.803 e. The average molecular weight is 229 g/mol. The van der Waals surface area contributed by atoms with Gasteiger partial charge in [-0.25, -0.2) is 4.98 Å². The molecule has 0 bridgehead atoms. The van der Waals surface area contributed by atoms with Crippen molar-refractivity contribution in [3.05, 3.63) is 45.5 Å². The van der Waals surface area contributed by atoms with E-state index in [4.69, 9.17) is 0 Å². The molecule has 2 aromatic rings. The fourth-order valence-corrected chi connectivity index (χ4v) is 1.27. The summed E-state index contributed by atoms with van der Waals surface area (Å²) in [6, 6.07) is 2.39. The summed E-state index contributed by atoms with van der Waals surface area (Å²) < 4.78 is 37.0. The summed E-state index contributed by atoms with van der Waals surface area (Å²) in [6.07, 6.45) is -3.81. The van der Waals surface area contributed by atoms with Crippen molar-refractivity contribution in [3.63, 3.8) is 0 Å². The van der Waals surface area contributed by atoms with Crippen LogP contribution >= 0.6 is 0 Å². The van der Waals surface area contributed by atoms with E-state index < -0.39 is 17.3 Å². The molecule has 0 fully saturated rings. The van der Waals surface area contributed by atoms with Crippen molar-refractivity contribution in [3.8, 4) is 0 Å². The zero-order chi connectivity index (χ0) is 11.9. The SMILES string of the molecule is O=c1cnc2cc(C(F)(F)F)ccc2n1[O-]. The van der Waals surface area contributed by atoms with Crippen molar-refractivity contribution in [2.45, 2.75) is 6.18 Å². The van der Waals surface area contributed by atoms with Crippen LogP contribution in [0.5, 0.6) is 0 Å². The molecule has 0 aliphatic rings. The number of rotatable bonds is 0. The number of hydrogen-bond donors (Lipinski definition) is 0. The van der Waals surface area contributed by atoms with Gasteiger partial charge in [0.25, 0.3) is 5.56 Å². The normalized spacial score (nSPS) is 11.9. The molecule has 0 saturated heterocycles. The molecule has 0 spiro atoms. The van der Waals surface area contributed by atoms with Crippen LogP contribution in [-0.4, -0.2) is 9.71 Å². The second kappa shape index (κ2) is 3.22. The van der Waals surface area contributed by atoms with Crippen LogP contribution in [0.2, 0.25) is 0 Å². The number of nitrogens with zero attached hydrogens (tertiary/aromatic N) is 2. The fraction of sp³-hybridized carbons (Fsp3) is 0.111. The number of aromatic nitrogens is 2. The number of benzene rings is 1. The summed E-state index contributed by atoms with van der Waals surface area (Å²) in [6.45, 7) is 0. The predicted octanol–water partition coefficient (Wildman–Crippen LogP) is 1.76. The average Bonchev–Trinajstić information content (AvgIpc) is 2.22. The lowest BCUT2D eigenvalue weighted by molar-refractivity contribution is -0.137. The van der Waals surface area contributed by atoms with Crippen LogP contribution in [0, 0.1) is 5.21 Å². The van der Waals surface area contributed by atoms with Crippen molar-refractivity contribution >= 4 is 11.0 Å². The molecule has 1 aromatic heterocycles. The number of hydrogen-bond acceptors (Lipinski definition) is 3. The maximum atomic E-state index is 12.3. The van der Waals surface area contributed by atoms with Gasteiger partial charge in [0.15, 0.2) is 0 Å². The number of halogens is 3. The van der Waals surface area contributed by atoms with Gasteiger partial charge in [-0.3, -0.25) is 4.79 Å². The first-order valence-electron chi connectivity index (χ1n) is 4.16. The van der Waals surface area contributed by atoms with Crippen LogP contribution in [0.25, 0.3) is 11.0 Å². The zero-order valence-corrected chi connectivity index (χ0v) is 7.65.